The van der Waals surface area contributed by atoms with Gasteiger partial charge in [-0.05, 0) is 19.3 Å². The van der Waals surface area contributed by atoms with E-state index in [2.05, 4.69) is 19.2 Å². The Morgan fingerprint density at radius 3 is 1.77 bits per heavy atom. The van der Waals surface area contributed by atoms with Crippen LogP contribution in [0.25, 0.3) is 0 Å². The monoisotopic (exact) mass is 629 g/mol. The summed E-state index contributed by atoms with van der Waals surface area (Å²) < 4.78 is 11.1. The minimum atomic E-state index is -1.56. The molecule has 0 aromatic heterocycles. The standard InChI is InChI=1S/C35H67NO8/c1-3-5-7-9-11-12-13-14-15-16-17-19-20-22-24-29(38)28(36-31(39)25-23-21-18-10-8-6-4-2)27-43-35-34(42)33(41)32(40)30(26-37)44-35/h22,24,28-30,32-35,37-38,40-42H,3-21,23,25-27H2,1-2H3,(H,36,39)/b24-22+/t28-,29+,30+,32-,33?,34?,35+/m0/s1. The Hall–Kier alpha value is -1.07. The SMILES string of the molecule is CCCCCCCCCCCCCC/C=C/[C@@H](O)[C@H](CO[C@@H]1O[C@H](CO)[C@H](O)C(O)C1O)NC(=O)CCCCCCCCC. The number of hydrogen-bond acceptors (Lipinski definition) is 8. The maximum absolute atomic E-state index is 12.7. The van der Waals surface area contributed by atoms with Gasteiger partial charge < -0.3 is 40.3 Å². The molecule has 6 N–H and O–H groups in total. The lowest BCUT2D eigenvalue weighted by molar-refractivity contribution is -0.302. The van der Waals surface area contributed by atoms with E-state index in [0.29, 0.717) is 6.42 Å². The molecule has 0 saturated carbocycles. The van der Waals surface area contributed by atoms with Gasteiger partial charge in [0.05, 0.1) is 25.4 Å². The summed E-state index contributed by atoms with van der Waals surface area (Å²) in [6.45, 7) is 3.69. The van der Waals surface area contributed by atoms with Crippen molar-refractivity contribution in [3.63, 3.8) is 0 Å². The third-order valence-electron chi connectivity index (χ3n) is 8.61. The molecule has 1 rings (SSSR count). The molecule has 0 spiro atoms. The highest BCUT2D eigenvalue weighted by atomic mass is 16.7. The van der Waals surface area contributed by atoms with E-state index in [9.17, 15) is 30.3 Å². The Balaban J connectivity index is 2.47. The van der Waals surface area contributed by atoms with Crippen LogP contribution in [0.15, 0.2) is 12.2 Å². The predicted octanol–water partition coefficient (Wildman–Crippen LogP) is 5.44. The van der Waals surface area contributed by atoms with E-state index in [1.165, 1.54) is 89.9 Å². The molecular weight excluding hydrogens is 562 g/mol. The first kappa shape index (κ1) is 41.0. The molecular formula is C35H67NO8. The van der Waals surface area contributed by atoms with Gasteiger partial charge in [0.15, 0.2) is 6.29 Å². The van der Waals surface area contributed by atoms with Crippen LogP contribution in [0, 0.1) is 0 Å². The number of carbonyl (C=O) groups is 1. The quantitative estimate of drug-likeness (QED) is 0.0495. The van der Waals surface area contributed by atoms with Gasteiger partial charge >= 0.3 is 0 Å². The molecule has 7 atom stereocenters. The number of nitrogens with one attached hydrogen (secondary N) is 1. The zero-order chi connectivity index (χ0) is 32.4. The van der Waals surface area contributed by atoms with Crippen LogP contribution in [-0.2, 0) is 14.3 Å². The van der Waals surface area contributed by atoms with E-state index in [1.54, 1.807) is 6.08 Å². The molecule has 1 aliphatic heterocycles. The van der Waals surface area contributed by atoms with E-state index >= 15 is 0 Å². The molecule has 1 saturated heterocycles. The molecule has 1 amide bonds. The summed E-state index contributed by atoms with van der Waals surface area (Å²) in [4.78, 5) is 12.7. The predicted molar refractivity (Wildman–Crippen MR) is 175 cm³/mol. The number of amides is 1. The van der Waals surface area contributed by atoms with Crippen molar-refractivity contribution in [1.82, 2.24) is 5.32 Å². The molecule has 44 heavy (non-hydrogen) atoms. The maximum Gasteiger partial charge on any atom is 0.220 e. The first-order chi connectivity index (χ1) is 21.3. The van der Waals surface area contributed by atoms with Gasteiger partial charge in [0, 0.05) is 6.42 Å². The molecule has 9 nitrogen and oxygen atoms in total. The molecule has 0 aromatic carbocycles. The highest BCUT2D eigenvalue weighted by Gasteiger charge is 2.44. The fraction of sp³-hybridized carbons (Fsp3) is 0.914. The fourth-order valence-electron chi connectivity index (χ4n) is 5.62. The van der Waals surface area contributed by atoms with E-state index in [1.807, 2.05) is 6.08 Å². The van der Waals surface area contributed by atoms with Crippen LogP contribution in [0.2, 0.25) is 0 Å². The molecule has 0 aromatic rings. The third kappa shape index (κ3) is 18.8. The van der Waals surface area contributed by atoms with Crippen LogP contribution < -0.4 is 5.32 Å². The smallest absolute Gasteiger partial charge is 0.220 e. The van der Waals surface area contributed by atoms with Gasteiger partial charge in [-0.25, -0.2) is 0 Å². The van der Waals surface area contributed by atoms with Crippen molar-refractivity contribution in [2.45, 2.75) is 192 Å². The van der Waals surface area contributed by atoms with Crippen LogP contribution in [0.5, 0.6) is 0 Å². The lowest BCUT2D eigenvalue weighted by Crippen LogP contribution is -2.60. The second kappa shape index (κ2) is 27.1. The average Bonchev–Trinajstić information content (AvgIpc) is 3.02. The van der Waals surface area contributed by atoms with Gasteiger partial charge in [-0.3, -0.25) is 4.79 Å². The van der Waals surface area contributed by atoms with E-state index in [-0.39, 0.29) is 12.5 Å². The highest BCUT2D eigenvalue weighted by molar-refractivity contribution is 5.76. The lowest BCUT2D eigenvalue weighted by atomic mass is 9.99. The number of aliphatic hydroxyl groups excluding tert-OH is 5. The van der Waals surface area contributed by atoms with Gasteiger partial charge in [0.1, 0.15) is 24.4 Å². The Bertz CT molecular complexity index is 706. The zero-order valence-electron chi connectivity index (χ0n) is 27.9. The summed E-state index contributed by atoms with van der Waals surface area (Å²) in [5, 5.41) is 53.6. The normalized spacial score (nSPS) is 23.7. The number of allylic oxidation sites excluding steroid dienone is 1. The summed E-state index contributed by atoms with van der Waals surface area (Å²) in [7, 11) is 0. The van der Waals surface area contributed by atoms with Gasteiger partial charge in [-0.15, -0.1) is 0 Å². The Morgan fingerprint density at radius 2 is 1.25 bits per heavy atom. The number of carbonyl (C=O) groups excluding carboxylic acids is 1. The number of unbranched alkanes of at least 4 members (excludes halogenated alkanes) is 18. The maximum atomic E-state index is 12.7. The van der Waals surface area contributed by atoms with Crippen LogP contribution in [-0.4, -0.2) is 87.5 Å². The van der Waals surface area contributed by atoms with Crippen molar-refractivity contribution in [3.05, 3.63) is 12.2 Å². The second-order valence-corrected chi connectivity index (χ2v) is 12.7. The largest absolute Gasteiger partial charge is 0.394 e. The van der Waals surface area contributed by atoms with Crippen LogP contribution in [0.3, 0.4) is 0 Å². The fourth-order valence-corrected chi connectivity index (χ4v) is 5.62. The summed E-state index contributed by atoms with van der Waals surface area (Å²) in [6.07, 6.45) is 19.8. The number of ether oxygens (including phenoxy) is 2. The first-order valence-electron chi connectivity index (χ1n) is 17.9. The third-order valence-corrected chi connectivity index (χ3v) is 8.61. The molecule has 1 aliphatic rings. The summed E-state index contributed by atoms with van der Waals surface area (Å²) >= 11 is 0. The highest BCUT2D eigenvalue weighted by Crippen LogP contribution is 2.22. The van der Waals surface area contributed by atoms with Crippen molar-refractivity contribution in [2.24, 2.45) is 0 Å². The summed E-state index contributed by atoms with van der Waals surface area (Å²) in [6, 6.07) is -0.794. The van der Waals surface area contributed by atoms with Crippen LogP contribution >= 0.6 is 0 Å². The molecule has 2 unspecified atom stereocenters. The van der Waals surface area contributed by atoms with Crippen molar-refractivity contribution in [2.75, 3.05) is 13.2 Å². The minimum Gasteiger partial charge on any atom is -0.394 e. The van der Waals surface area contributed by atoms with Gasteiger partial charge in [-0.2, -0.15) is 0 Å². The van der Waals surface area contributed by atoms with Crippen molar-refractivity contribution in [1.29, 1.82) is 0 Å². The number of aliphatic hydroxyl groups is 5. The topological polar surface area (TPSA) is 149 Å². The molecule has 9 heteroatoms. The molecule has 1 heterocycles. The van der Waals surface area contributed by atoms with Crippen LogP contribution in [0.4, 0.5) is 0 Å². The summed E-state index contributed by atoms with van der Waals surface area (Å²) in [5.41, 5.74) is 0. The Morgan fingerprint density at radius 1 is 0.750 bits per heavy atom. The molecule has 260 valence electrons. The molecule has 0 radical (unpaired) electrons. The first-order valence-corrected chi connectivity index (χ1v) is 17.9. The molecule has 1 fully saturated rings. The second-order valence-electron chi connectivity index (χ2n) is 12.7. The van der Waals surface area contributed by atoms with Crippen molar-refractivity contribution >= 4 is 5.91 Å². The van der Waals surface area contributed by atoms with Gasteiger partial charge in [0.25, 0.3) is 0 Å². The zero-order valence-corrected chi connectivity index (χ0v) is 27.9. The van der Waals surface area contributed by atoms with Gasteiger partial charge in [-0.1, -0.05) is 135 Å². The molecule has 0 bridgehead atoms. The number of rotatable bonds is 28. The van der Waals surface area contributed by atoms with Crippen LogP contribution in [0.1, 0.15) is 149 Å². The summed E-state index contributed by atoms with van der Waals surface area (Å²) in [5.74, 6) is -0.186. The Kier molecular flexibility index (Phi) is 25.2. The van der Waals surface area contributed by atoms with E-state index in [0.717, 1.165) is 38.5 Å². The number of hydrogen-bond donors (Lipinski definition) is 6. The lowest BCUT2D eigenvalue weighted by Gasteiger charge is -2.40. The average molecular weight is 630 g/mol. The Labute approximate surface area is 267 Å². The van der Waals surface area contributed by atoms with Gasteiger partial charge in [0.2, 0.25) is 5.91 Å². The molecule has 0 aliphatic carbocycles. The van der Waals surface area contributed by atoms with Crippen molar-refractivity contribution < 1.29 is 39.8 Å². The van der Waals surface area contributed by atoms with E-state index < -0.39 is 49.5 Å². The van der Waals surface area contributed by atoms with E-state index in [4.69, 9.17) is 9.47 Å². The minimum absolute atomic E-state index is 0.185. The van der Waals surface area contributed by atoms with Crippen molar-refractivity contribution in [3.8, 4) is 0 Å².